The van der Waals surface area contributed by atoms with Crippen molar-refractivity contribution in [2.45, 2.75) is 13.3 Å². The second kappa shape index (κ2) is 7.96. The molecule has 0 saturated carbocycles. The van der Waals surface area contributed by atoms with E-state index in [1.807, 2.05) is 0 Å². The molecule has 0 unspecified atom stereocenters. The molecule has 0 atom stereocenters. The van der Waals surface area contributed by atoms with E-state index in [2.05, 4.69) is 20.6 Å². The second-order valence-corrected chi connectivity index (χ2v) is 5.50. The third-order valence-electron chi connectivity index (χ3n) is 3.08. The van der Waals surface area contributed by atoms with Crippen LogP contribution in [0.15, 0.2) is 47.6 Å². The number of alkyl halides is 3. The van der Waals surface area contributed by atoms with Crippen molar-refractivity contribution in [2.75, 3.05) is 11.1 Å². The zero-order valence-corrected chi connectivity index (χ0v) is 14.2. The number of rotatable bonds is 4. The number of hydrazone groups is 1. The SMILES string of the molecule is C/C(=N\NC(=O)Nc1ccc(OC(F)(F)F)cc1)c1cc(Cl)ccc1N. The maximum Gasteiger partial charge on any atom is 0.573 e. The maximum absolute atomic E-state index is 12.1. The fraction of sp³-hybridized carbons (Fsp3) is 0.125. The molecule has 2 aromatic rings. The summed E-state index contributed by atoms with van der Waals surface area (Å²) in [5, 5.41) is 6.78. The number of hydrogen-bond acceptors (Lipinski definition) is 4. The van der Waals surface area contributed by atoms with Gasteiger partial charge >= 0.3 is 12.4 Å². The molecule has 0 spiro atoms. The third-order valence-corrected chi connectivity index (χ3v) is 3.31. The fourth-order valence-corrected chi connectivity index (χ4v) is 2.11. The van der Waals surface area contributed by atoms with Crippen LogP contribution in [-0.2, 0) is 0 Å². The van der Waals surface area contributed by atoms with Crippen LogP contribution in [-0.4, -0.2) is 18.1 Å². The standard InChI is InChI=1S/C16H14ClF3N4O2/c1-9(13-8-10(17)2-7-14(13)21)23-24-15(25)22-11-3-5-12(6-4-11)26-16(18,19)20/h2-8H,21H2,1H3,(H2,22,24,25)/b23-9+. The number of amides is 2. The van der Waals surface area contributed by atoms with E-state index in [4.69, 9.17) is 17.3 Å². The Morgan fingerprint density at radius 2 is 1.85 bits per heavy atom. The van der Waals surface area contributed by atoms with Crippen molar-refractivity contribution in [3.8, 4) is 5.75 Å². The third kappa shape index (κ3) is 5.85. The van der Waals surface area contributed by atoms with Gasteiger partial charge in [0.15, 0.2) is 0 Å². The molecular formula is C16H14ClF3N4O2. The predicted octanol–water partition coefficient (Wildman–Crippen LogP) is 4.37. The Hall–Kier alpha value is -2.94. The molecule has 138 valence electrons. The maximum atomic E-state index is 12.1. The fourth-order valence-electron chi connectivity index (χ4n) is 1.94. The normalized spacial score (nSPS) is 11.8. The lowest BCUT2D eigenvalue weighted by molar-refractivity contribution is -0.274. The highest BCUT2D eigenvalue weighted by Gasteiger charge is 2.30. The highest BCUT2D eigenvalue weighted by Crippen LogP contribution is 2.24. The molecule has 0 aromatic heterocycles. The van der Waals surface area contributed by atoms with E-state index < -0.39 is 18.1 Å². The van der Waals surface area contributed by atoms with Crippen LogP contribution in [0.2, 0.25) is 5.02 Å². The van der Waals surface area contributed by atoms with E-state index in [9.17, 15) is 18.0 Å². The number of nitrogens with one attached hydrogen (secondary N) is 2. The number of anilines is 2. The first-order chi connectivity index (χ1) is 12.1. The zero-order valence-electron chi connectivity index (χ0n) is 13.4. The average Bonchev–Trinajstić information content (AvgIpc) is 2.55. The van der Waals surface area contributed by atoms with Gasteiger partial charge in [-0.1, -0.05) is 11.6 Å². The molecule has 0 aliphatic heterocycles. The van der Waals surface area contributed by atoms with Crippen LogP contribution in [0.5, 0.6) is 5.75 Å². The summed E-state index contributed by atoms with van der Waals surface area (Å²) in [6.07, 6.45) is -4.78. The van der Waals surface area contributed by atoms with Crippen molar-refractivity contribution >= 4 is 34.7 Å². The van der Waals surface area contributed by atoms with Crippen molar-refractivity contribution < 1.29 is 22.7 Å². The van der Waals surface area contributed by atoms with Crippen LogP contribution in [0.4, 0.5) is 29.3 Å². The number of benzene rings is 2. The largest absolute Gasteiger partial charge is 0.573 e. The molecule has 10 heteroatoms. The highest BCUT2D eigenvalue weighted by molar-refractivity contribution is 6.31. The summed E-state index contributed by atoms with van der Waals surface area (Å²) in [6.45, 7) is 1.63. The number of nitrogens with zero attached hydrogens (tertiary/aromatic N) is 1. The molecule has 4 N–H and O–H groups in total. The zero-order chi connectivity index (χ0) is 19.3. The van der Waals surface area contributed by atoms with E-state index in [0.717, 1.165) is 12.1 Å². The van der Waals surface area contributed by atoms with E-state index in [1.54, 1.807) is 25.1 Å². The lowest BCUT2D eigenvalue weighted by atomic mass is 10.1. The minimum absolute atomic E-state index is 0.257. The van der Waals surface area contributed by atoms with Gasteiger partial charge in [-0.05, 0) is 49.4 Å². The van der Waals surface area contributed by atoms with Gasteiger partial charge in [0.1, 0.15) is 5.75 Å². The van der Waals surface area contributed by atoms with Crippen molar-refractivity contribution in [1.82, 2.24) is 5.43 Å². The lowest BCUT2D eigenvalue weighted by Gasteiger charge is -2.10. The molecule has 0 fully saturated rings. The number of hydrogen-bond donors (Lipinski definition) is 3. The number of ether oxygens (including phenoxy) is 1. The van der Waals surface area contributed by atoms with Gasteiger partial charge in [0.05, 0.1) is 5.71 Å². The second-order valence-electron chi connectivity index (χ2n) is 5.07. The molecule has 0 aliphatic rings. The topological polar surface area (TPSA) is 88.7 Å². The Labute approximate surface area is 151 Å². The predicted molar refractivity (Wildman–Crippen MR) is 93.4 cm³/mol. The number of urea groups is 1. The Balaban J connectivity index is 1.97. The summed E-state index contributed by atoms with van der Waals surface area (Å²) in [6, 6.07) is 8.82. The Morgan fingerprint density at radius 1 is 1.19 bits per heavy atom. The van der Waals surface area contributed by atoms with E-state index in [0.29, 0.717) is 22.0 Å². The number of nitrogens with two attached hydrogens (primary N) is 1. The van der Waals surface area contributed by atoms with Crippen LogP contribution >= 0.6 is 11.6 Å². The molecule has 26 heavy (non-hydrogen) atoms. The summed E-state index contributed by atoms with van der Waals surface area (Å²) < 4.78 is 40.0. The Kier molecular flexibility index (Phi) is 5.93. The first-order valence-corrected chi connectivity index (χ1v) is 7.54. The Bertz CT molecular complexity index is 823. The molecule has 2 amide bonds. The van der Waals surface area contributed by atoms with E-state index in [1.165, 1.54) is 12.1 Å². The molecule has 2 aromatic carbocycles. The van der Waals surface area contributed by atoms with Gasteiger partial charge in [0, 0.05) is 22.0 Å². The summed E-state index contributed by atoms with van der Waals surface area (Å²) >= 11 is 5.89. The number of carbonyl (C=O) groups excluding carboxylic acids is 1. The smallest absolute Gasteiger partial charge is 0.406 e. The average molecular weight is 387 g/mol. The first-order valence-electron chi connectivity index (χ1n) is 7.16. The Morgan fingerprint density at radius 3 is 2.46 bits per heavy atom. The van der Waals surface area contributed by atoms with Gasteiger partial charge < -0.3 is 15.8 Å². The van der Waals surface area contributed by atoms with Crippen LogP contribution < -0.4 is 21.2 Å². The van der Waals surface area contributed by atoms with E-state index in [-0.39, 0.29) is 5.69 Å². The van der Waals surface area contributed by atoms with Crippen LogP contribution in [0.25, 0.3) is 0 Å². The number of halogens is 4. The quantitative estimate of drug-likeness (QED) is 0.414. The van der Waals surface area contributed by atoms with Gasteiger partial charge in [0.2, 0.25) is 0 Å². The van der Waals surface area contributed by atoms with Gasteiger partial charge in [-0.15, -0.1) is 13.2 Å². The van der Waals surface area contributed by atoms with Crippen molar-refractivity contribution in [3.63, 3.8) is 0 Å². The summed E-state index contributed by atoms with van der Waals surface area (Å²) in [7, 11) is 0. The van der Waals surface area contributed by atoms with Gasteiger partial charge in [-0.25, -0.2) is 10.2 Å². The minimum Gasteiger partial charge on any atom is -0.406 e. The monoisotopic (exact) mass is 386 g/mol. The number of nitrogen functional groups attached to an aromatic ring is 1. The first kappa shape index (κ1) is 19.4. The van der Waals surface area contributed by atoms with Gasteiger partial charge in [-0.2, -0.15) is 5.10 Å². The molecule has 0 aliphatic carbocycles. The highest BCUT2D eigenvalue weighted by atomic mass is 35.5. The molecule has 0 radical (unpaired) electrons. The van der Waals surface area contributed by atoms with Gasteiger partial charge in [-0.3, -0.25) is 0 Å². The summed E-state index contributed by atoms with van der Waals surface area (Å²) in [5.41, 5.74) is 9.76. The molecule has 0 heterocycles. The van der Waals surface area contributed by atoms with E-state index >= 15 is 0 Å². The van der Waals surface area contributed by atoms with Crippen LogP contribution in [0.1, 0.15) is 12.5 Å². The number of carbonyl (C=O) groups is 1. The van der Waals surface area contributed by atoms with Crippen LogP contribution in [0.3, 0.4) is 0 Å². The molecular weight excluding hydrogens is 373 g/mol. The molecule has 6 nitrogen and oxygen atoms in total. The lowest BCUT2D eigenvalue weighted by Crippen LogP contribution is -2.25. The van der Waals surface area contributed by atoms with Crippen molar-refractivity contribution in [1.29, 1.82) is 0 Å². The minimum atomic E-state index is -4.78. The summed E-state index contributed by atoms with van der Waals surface area (Å²) in [4.78, 5) is 11.8. The molecule has 0 saturated heterocycles. The van der Waals surface area contributed by atoms with Crippen molar-refractivity contribution in [3.05, 3.63) is 53.1 Å². The van der Waals surface area contributed by atoms with Gasteiger partial charge in [0.25, 0.3) is 0 Å². The molecule has 0 bridgehead atoms. The summed E-state index contributed by atoms with van der Waals surface area (Å²) in [5.74, 6) is -0.395. The molecule has 2 rings (SSSR count). The van der Waals surface area contributed by atoms with Crippen molar-refractivity contribution in [2.24, 2.45) is 5.10 Å². The van der Waals surface area contributed by atoms with Crippen LogP contribution in [0, 0.1) is 0 Å².